The summed E-state index contributed by atoms with van der Waals surface area (Å²) in [5.41, 5.74) is 0.326. The van der Waals surface area contributed by atoms with Gasteiger partial charge < -0.3 is 23.7 Å². The minimum absolute atomic E-state index is 0.120. The van der Waals surface area contributed by atoms with Crippen LogP contribution in [-0.4, -0.2) is 33.1 Å². The van der Waals surface area contributed by atoms with Crippen LogP contribution in [0.4, 0.5) is 0 Å². The molecule has 0 saturated heterocycles. The minimum Gasteiger partial charge on any atom is -0.493 e. The molecule has 0 N–H and O–H groups in total. The molecule has 0 radical (unpaired) electrons. The number of rotatable bonds is 5. The smallest absolute Gasteiger partial charge is 0.316 e. The molecule has 1 aliphatic rings. The van der Waals surface area contributed by atoms with Gasteiger partial charge in [0, 0.05) is 11.6 Å². The molecule has 1 aliphatic heterocycles. The number of ketones is 1. The van der Waals surface area contributed by atoms with Crippen LogP contribution >= 0.6 is 0 Å². The number of carbonyl (C=O) groups is 2. The zero-order valence-electron chi connectivity index (χ0n) is 17.8. The van der Waals surface area contributed by atoms with Crippen LogP contribution in [-0.2, 0) is 4.79 Å². The van der Waals surface area contributed by atoms with Crippen molar-refractivity contribution in [3.63, 3.8) is 0 Å². The van der Waals surface area contributed by atoms with E-state index in [1.54, 1.807) is 51.1 Å². The lowest BCUT2D eigenvalue weighted by atomic mass is 9.97. The number of ether oxygens (including phenoxy) is 5. The van der Waals surface area contributed by atoms with Gasteiger partial charge in [0.25, 0.3) is 0 Å². The van der Waals surface area contributed by atoms with Crippen molar-refractivity contribution in [3.8, 4) is 28.7 Å². The van der Waals surface area contributed by atoms with Gasteiger partial charge in [-0.3, -0.25) is 9.59 Å². The fraction of sp³-hybridized carbons (Fsp3) is 0.304. The van der Waals surface area contributed by atoms with Gasteiger partial charge in [-0.2, -0.15) is 0 Å². The maximum absolute atomic E-state index is 12.8. The van der Waals surface area contributed by atoms with Crippen molar-refractivity contribution in [1.29, 1.82) is 0 Å². The van der Waals surface area contributed by atoms with Crippen LogP contribution in [0.15, 0.2) is 36.1 Å². The fourth-order valence-electron chi connectivity index (χ4n) is 2.87. The molecule has 158 valence electrons. The lowest BCUT2D eigenvalue weighted by Crippen LogP contribution is -2.25. The SMILES string of the molecule is COc1ccc(/C=C2\Oc3cc(OC(=O)C(C)(C)C)ccc3C2=O)c(OC)c1OC. The number of hydrogen-bond acceptors (Lipinski definition) is 7. The largest absolute Gasteiger partial charge is 0.493 e. The van der Waals surface area contributed by atoms with Crippen LogP contribution < -0.4 is 23.7 Å². The van der Waals surface area contributed by atoms with Crippen molar-refractivity contribution in [1.82, 2.24) is 0 Å². The van der Waals surface area contributed by atoms with E-state index in [1.165, 1.54) is 27.4 Å². The lowest BCUT2D eigenvalue weighted by molar-refractivity contribution is -0.143. The molecule has 2 aromatic carbocycles. The Bertz CT molecular complexity index is 1030. The number of hydrogen-bond donors (Lipinski definition) is 0. The normalized spacial score (nSPS) is 14.2. The molecule has 0 saturated carbocycles. The highest BCUT2D eigenvalue weighted by atomic mass is 16.5. The first kappa shape index (κ1) is 21.2. The van der Waals surface area contributed by atoms with E-state index in [2.05, 4.69) is 0 Å². The highest BCUT2D eigenvalue weighted by Gasteiger charge is 2.30. The molecule has 0 fully saturated rings. The zero-order valence-corrected chi connectivity index (χ0v) is 17.8. The molecule has 30 heavy (non-hydrogen) atoms. The quantitative estimate of drug-likeness (QED) is 0.412. The second-order valence-corrected chi connectivity index (χ2v) is 7.66. The van der Waals surface area contributed by atoms with Gasteiger partial charge in [0.15, 0.2) is 17.3 Å². The standard InChI is InChI=1S/C23H24O7/c1-23(2,3)22(25)29-14-8-9-15-17(12-14)30-18(19(15)24)11-13-7-10-16(26-4)21(28-6)20(13)27-5/h7-12H,1-6H3/b18-11-. The minimum atomic E-state index is -0.648. The fourth-order valence-corrected chi connectivity index (χ4v) is 2.87. The number of carbonyl (C=O) groups excluding carboxylic acids is 2. The van der Waals surface area contributed by atoms with Crippen molar-refractivity contribution in [2.75, 3.05) is 21.3 Å². The highest BCUT2D eigenvalue weighted by Crippen LogP contribution is 2.42. The monoisotopic (exact) mass is 412 g/mol. The molecule has 0 atom stereocenters. The molecule has 0 unspecified atom stereocenters. The summed E-state index contributed by atoms with van der Waals surface area (Å²) in [5.74, 6) is 1.42. The van der Waals surface area contributed by atoms with E-state index < -0.39 is 5.41 Å². The van der Waals surface area contributed by atoms with Crippen molar-refractivity contribution >= 4 is 17.8 Å². The van der Waals surface area contributed by atoms with Gasteiger partial charge in [0.05, 0.1) is 32.3 Å². The average Bonchev–Trinajstić information content (AvgIpc) is 3.01. The third-order valence-electron chi connectivity index (χ3n) is 4.49. The van der Waals surface area contributed by atoms with E-state index in [1.807, 2.05) is 0 Å². The van der Waals surface area contributed by atoms with Gasteiger partial charge >= 0.3 is 5.97 Å². The number of fused-ring (bicyclic) bond motifs is 1. The molecule has 0 aliphatic carbocycles. The van der Waals surface area contributed by atoms with E-state index in [4.69, 9.17) is 23.7 Å². The predicted molar refractivity (Wildman–Crippen MR) is 111 cm³/mol. The number of Topliss-reactive ketones (excluding diaryl/α,β-unsaturated/α-hetero) is 1. The maximum atomic E-state index is 12.8. The Morgan fingerprint density at radius 1 is 0.967 bits per heavy atom. The first-order valence-electron chi connectivity index (χ1n) is 9.29. The molecule has 0 aromatic heterocycles. The van der Waals surface area contributed by atoms with Crippen molar-refractivity contribution < 1.29 is 33.3 Å². The van der Waals surface area contributed by atoms with Crippen molar-refractivity contribution in [2.45, 2.75) is 20.8 Å². The summed E-state index contributed by atoms with van der Waals surface area (Å²) in [6.07, 6.45) is 1.57. The average molecular weight is 412 g/mol. The summed E-state index contributed by atoms with van der Waals surface area (Å²) in [4.78, 5) is 24.9. The molecule has 1 heterocycles. The Kier molecular flexibility index (Phi) is 5.73. The third-order valence-corrected chi connectivity index (χ3v) is 4.49. The van der Waals surface area contributed by atoms with Gasteiger partial charge in [-0.25, -0.2) is 0 Å². The van der Waals surface area contributed by atoms with Gasteiger partial charge in [-0.05, 0) is 51.1 Å². The Labute approximate surface area is 175 Å². The van der Waals surface area contributed by atoms with Crippen LogP contribution in [0.25, 0.3) is 6.08 Å². The lowest BCUT2D eigenvalue weighted by Gasteiger charge is -2.16. The molecular formula is C23H24O7. The first-order chi connectivity index (χ1) is 14.2. The van der Waals surface area contributed by atoms with Crippen molar-refractivity contribution in [3.05, 3.63) is 47.2 Å². The molecule has 7 heteroatoms. The van der Waals surface area contributed by atoms with Crippen LogP contribution in [0.1, 0.15) is 36.7 Å². The number of allylic oxidation sites excluding steroid dienone is 1. The van der Waals surface area contributed by atoms with Gasteiger partial charge in [0.2, 0.25) is 11.5 Å². The van der Waals surface area contributed by atoms with E-state index in [0.717, 1.165) is 0 Å². The molecule has 7 nitrogen and oxygen atoms in total. The van der Waals surface area contributed by atoms with Crippen molar-refractivity contribution in [2.24, 2.45) is 5.41 Å². The van der Waals surface area contributed by atoms with E-state index in [9.17, 15) is 9.59 Å². The van der Waals surface area contributed by atoms with Crippen LogP contribution in [0.3, 0.4) is 0 Å². The molecule has 0 amide bonds. The Hall–Kier alpha value is -3.48. The number of benzene rings is 2. The third kappa shape index (κ3) is 3.96. The van der Waals surface area contributed by atoms with Crippen LogP contribution in [0.2, 0.25) is 0 Å². The molecule has 2 aromatic rings. The summed E-state index contributed by atoms with van der Waals surface area (Å²) < 4.78 is 27.2. The summed E-state index contributed by atoms with van der Waals surface area (Å²) in [5, 5.41) is 0. The predicted octanol–water partition coefficient (Wildman–Crippen LogP) is 4.28. The number of methoxy groups -OCH3 is 3. The molecule has 0 bridgehead atoms. The highest BCUT2D eigenvalue weighted by molar-refractivity contribution is 6.14. The second kappa shape index (κ2) is 8.10. The van der Waals surface area contributed by atoms with E-state index >= 15 is 0 Å². The Morgan fingerprint density at radius 2 is 1.67 bits per heavy atom. The molecule has 3 rings (SSSR count). The Morgan fingerprint density at radius 3 is 2.27 bits per heavy atom. The van der Waals surface area contributed by atoms with Gasteiger partial charge in [0.1, 0.15) is 11.5 Å². The Balaban J connectivity index is 1.93. The maximum Gasteiger partial charge on any atom is 0.316 e. The first-order valence-corrected chi connectivity index (χ1v) is 9.29. The summed E-state index contributed by atoms with van der Waals surface area (Å²) in [6, 6.07) is 8.14. The second-order valence-electron chi connectivity index (χ2n) is 7.66. The van der Waals surface area contributed by atoms with Gasteiger partial charge in [-0.15, -0.1) is 0 Å². The topological polar surface area (TPSA) is 80.3 Å². The summed E-state index contributed by atoms with van der Waals surface area (Å²) in [7, 11) is 4.53. The summed E-state index contributed by atoms with van der Waals surface area (Å²) >= 11 is 0. The zero-order chi connectivity index (χ0) is 22.1. The van der Waals surface area contributed by atoms with Crippen LogP contribution in [0, 0.1) is 5.41 Å². The number of esters is 1. The van der Waals surface area contributed by atoms with E-state index in [0.29, 0.717) is 39.9 Å². The van der Waals surface area contributed by atoms with Crippen LogP contribution in [0.5, 0.6) is 28.7 Å². The molecular weight excluding hydrogens is 388 g/mol. The summed E-state index contributed by atoms with van der Waals surface area (Å²) in [6.45, 7) is 5.29. The molecule has 0 spiro atoms. The van der Waals surface area contributed by atoms with E-state index in [-0.39, 0.29) is 17.5 Å². The van der Waals surface area contributed by atoms with Gasteiger partial charge in [-0.1, -0.05) is 0 Å².